The Morgan fingerprint density at radius 1 is 0.955 bits per heavy atom. The van der Waals surface area contributed by atoms with Gasteiger partial charge in [0.2, 0.25) is 0 Å². The molecule has 0 aliphatic carbocycles. The summed E-state index contributed by atoms with van der Waals surface area (Å²) >= 11 is 3.47. The number of aromatic nitrogens is 1. The lowest BCUT2D eigenvalue weighted by Gasteiger charge is -2.23. The first kappa shape index (κ1) is 15.0. The fourth-order valence-corrected chi connectivity index (χ4v) is 2.59. The van der Waals surface area contributed by atoms with Crippen LogP contribution in [-0.4, -0.2) is 10.6 Å². The summed E-state index contributed by atoms with van der Waals surface area (Å²) in [7, 11) is 0. The monoisotopic (exact) mass is 355 g/mol. The Labute approximate surface area is 139 Å². The first-order chi connectivity index (χ1) is 10.4. The molecule has 0 N–H and O–H groups in total. The number of fused-ring (bicyclic) bond motifs is 1. The highest BCUT2D eigenvalue weighted by atomic mass is 79.9. The van der Waals surface area contributed by atoms with Crippen molar-refractivity contribution in [2.75, 3.05) is 0 Å². The molecular weight excluding hydrogens is 338 g/mol. The second-order valence-electron chi connectivity index (χ2n) is 6.24. The van der Waals surface area contributed by atoms with Gasteiger partial charge in [-0.05, 0) is 45.0 Å². The summed E-state index contributed by atoms with van der Waals surface area (Å²) in [5, 5.41) is 1.04. The Morgan fingerprint density at radius 3 is 2.32 bits per heavy atom. The van der Waals surface area contributed by atoms with Crippen LogP contribution >= 0.6 is 15.9 Å². The van der Waals surface area contributed by atoms with E-state index < -0.39 is 0 Å². The highest BCUT2D eigenvalue weighted by Crippen LogP contribution is 2.32. The quantitative estimate of drug-likeness (QED) is 0.575. The molecule has 0 fully saturated rings. The molecule has 2 nitrogen and oxygen atoms in total. The van der Waals surface area contributed by atoms with E-state index in [1.165, 1.54) is 0 Å². The van der Waals surface area contributed by atoms with Gasteiger partial charge in [-0.25, -0.2) is 4.98 Å². The standard InChI is InChI=1S/C19H18BrNO/c1-19(2,3)22-18-12-17(13-8-10-14(20)11-9-13)21-16-7-5-4-6-15(16)18/h4-12H,1-3H3. The molecule has 0 atom stereocenters. The third-order valence-corrected chi connectivity index (χ3v) is 3.76. The van der Waals surface area contributed by atoms with Gasteiger partial charge in [-0.15, -0.1) is 0 Å². The maximum atomic E-state index is 6.15. The maximum Gasteiger partial charge on any atom is 0.131 e. The van der Waals surface area contributed by atoms with Crippen molar-refractivity contribution >= 4 is 26.8 Å². The van der Waals surface area contributed by atoms with Crippen LogP contribution in [-0.2, 0) is 0 Å². The van der Waals surface area contributed by atoms with Crippen LogP contribution in [0.4, 0.5) is 0 Å². The molecule has 0 bridgehead atoms. The zero-order valence-corrected chi connectivity index (χ0v) is 14.5. The fourth-order valence-electron chi connectivity index (χ4n) is 2.33. The molecule has 0 saturated heterocycles. The first-order valence-corrected chi connectivity index (χ1v) is 8.06. The molecule has 1 heterocycles. The summed E-state index contributed by atoms with van der Waals surface area (Å²) in [6.45, 7) is 6.17. The van der Waals surface area contributed by atoms with Crippen molar-refractivity contribution < 1.29 is 4.74 Å². The van der Waals surface area contributed by atoms with Crippen LogP contribution in [0, 0.1) is 0 Å². The maximum absolute atomic E-state index is 6.15. The third-order valence-electron chi connectivity index (χ3n) is 3.23. The SMILES string of the molecule is CC(C)(C)Oc1cc(-c2ccc(Br)cc2)nc2ccccc12. The van der Waals surface area contributed by atoms with Gasteiger partial charge in [-0.1, -0.05) is 40.2 Å². The van der Waals surface area contributed by atoms with E-state index >= 15 is 0 Å². The number of nitrogens with zero attached hydrogens (tertiary/aromatic N) is 1. The van der Waals surface area contributed by atoms with Crippen molar-refractivity contribution in [3.8, 4) is 17.0 Å². The summed E-state index contributed by atoms with van der Waals surface area (Å²) in [6, 6.07) is 18.3. The summed E-state index contributed by atoms with van der Waals surface area (Å²) in [5.74, 6) is 0.871. The Morgan fingerprint density at radius 2 is 1.64 bits per heavy atom. The molecular formula is C19H18BrNO. The van der Waals surface area contributed by atoms with Crippen LogP contribution in [0.3, 0.4) is 0 Å². The molecule has 0 unspecified atom stereocenters. The summed E-state index contributed by atoms with van der Waals surface area (Å²) < 4.78 is 7.21. The molecule has 1 aromatic heterocycles. The number of pyridine rings is 1. The van der Waals surface area contributed by atoms with Gasteiger partial charge < -0.3 is 4.74 Å². The summed E-state index contributed by atoms with van der Waals surface area (Å²) in [4.78, 5) is 4.77. The average molecular weight is 356 g/mol. The topological polar surface area (TPSA) is 22.1 Å². The van der Waals surface area contributed by atoms with E-state index in [0.29, 0.717) is 0 Å². The van der Waals surface area contributed by atoms with Crippen LogP contribution in [0.1, 0.15) is 20.8 Å². The zero-order chi connectivity index (χ0) is 15.7. The molecule has 2 aromatic carbocycles. The second kappa shape index (κ2) is 5.73. The number of rotatable bonds is 2. The van der Waals surface area contributed by atoms with Gasteiger partial charge >= 0.3 is 0 Å². The van der Waals surface area contributed by atoms with E-state index in [9.17, 15) is 0 Å². The van der Waals surface area contributed by atoms with Crippen LogP contribution in [0.5, 0.6) is 5.75 Å². The fraction of sp³-hybridized carbons (Fsp3) is 0.211. The minimum atomic E-state index is -0.249. The van der Waals surface area contributed by atoms with Crippen molar-refractivity contribution in [1.82, 2.24) is 4.98 Å². The molecule has 0 amide bonds. The molecule has 3 rings (SSSR count). The predicted octanol–water partition coefficient (Wildman–Crippen LogP) is 5.84. The number of benzene rings is 2. The van der Waals surface area contributed by atoms with E-state index in [4.69, 9.17) is 9.72 Å². The highest BCUT2D eigenvalue weighted by molar-refractivity contribution is 9.10. The normalized spacial score (nSPS) is 11.6. The Bertz CT molecular complexity index is 804. The van der Waals surface area contributed by atoms with Crippen molar-refractivity contribution in [3.05, 3.63) is 59.1 Å². The molecule has 0 aliphatic heterocycles. The van der Waals surface area contributed by atoms with Gasteiger partial charge in [0, 0.05) is 21.5 Å². The second-order valence-corrected chi connectivity index (χ2v) is 7.16. The van der Waals surface area contributed by atoms with E-state index in [-0.39, 0.29) is 5.60 Å². The van der Waals surface area contributed by atoms with E-state index in [1.54, 1.807) is 0 Å². The largest absolute Gasteiger partial charge is 0.487 e. The van der Waals surface area contributed by atoms with Crippen LogP contribution < -0.4 is 4.74 Å². The molecule has 112 valence electrons. The molecule has 0 radical (unpaired) electrons. The van der Waals surface area contributed by atoms with Gasteiger partial charge in [0.15, 0.2) is 0 Å². The highest BCUT2D eigenvalue weighted by Gasteiger charge is 2.16. The summed E-state index contributed by atoms with van der Waals surface area (Å²) in [6.07, 6.45) is 0. The zero-order valence-electron chi connectivity index (χ0n) is 12.9. The lowest BCUT2D eigenvalue weighted by Crippen LogP contribution is -2.23. The number of para-hydroxylation sites is 1. The van der Waals surface area contributed by atoms with Gasteiger partial charge in [0.05, 0.1) is 11.2 Å². The van der Waals surface area contributed by atoms with E-state index in [0.717, 1.165) is 32.4 Å². The van der Waals surface area contributed by atoms with E-state index in [1.807, 2.05) is 36.4 Å². The van der Waals surface area contributed by atoms with Crippen molar-refractivity contribution in [1.29, 1.82) is 0 Å². The first-order valence-electron chi connectivity index (χ1n) is 7.27. The Hall–Kier alpha value is -1.87. The van der Waals surface area contributed by atoms with Crippen LogP contribution in [0.25, 0.3) is 22.2 Å². The number of ether oxygens (including phenoxy) is 1. The Kier molecular flexibility index (Phi) is 3.92. The predicted molar refractivity (Wildman–Crippen MR) is 95.3 cm³/mol. The van der Waals surface area contributed by atoms with Gasteiger partial charge in [-0.3, -0.25) is 0 Å². The van der Waals surface area contributed by atoms with Crippen LogP contribution in [0.15, 0.2) is 59.1 Å². The minimum Gasteiger partial charge on any atom is -0.487 e. The molecule has 0 spiro atoms. The Balaban J connectivity index is 2.18. The molecule has 3 aromatic rings. The lowest BCUT2D eigenvalue weighted by atomic mass is 10.1. The minimum absolute atomic E-state index is 0.249. The van der Waals surface area contributed by atoms with Crippen molar-refractivity contribution in [2.45, 2.75) is 26.4 Å². The molecule has 22 heavy (non-hydrogen) atoms. The summed E-state index contributed by atoms with van der Waals surface area (Å²) in [5.41, 5.74) is 2.70. The molecule has 3 heteroatoms. The van der Waals surface area contributed by atoms with Crippen LogP contribution in [0.2, 0.25) is 0 Å². The third kappa shape index (κ3) is 3.30. The smallest absolute Gasteiger partial charge is 0.131 e. The van der Waals surface area contributed by atoms with E-state index in [2.05, 4.69) is 54.9 Å². The average Bonchev–Trinajstić information content (AvgIpc) is 2.46. The molecule has 0 saturated carbocycles. The number of hydrogen-bond donors (Lipinski definition) is 0. The van der Waals surface area contributed by atoms with Gasteiger partial charge in [-0.2, -0.15) is 0 Å². The number of hydrogen-bond acceptors (Lipinski definition) is 2. The van der Waals surface area contributed by atoms with Gasteiger partial charge in [0.1, 0.15) is 11.4 Å². The molecule has 0 aliphatic rings. The number of halogens is 1. The van der Waals surface area contributed by atoms with Crippen molar-refractivity contribution in [2.24, 2.45) is 0 Å². The van der Waals surface area contributed by atoms with Crippen molar-refractivity contribution in [3.63, 3.8) is 0 Å². The lowest BCUT2D eigenvalue weighted by molar-refractivity contribution is 0.133. The van der Waals surface area contributed by atoms with Gasteiger partial charge in [0.25, 0.3) is 0 Å².